The largest absolute Gasteiger partial charge is 0.382 e. The molecular formula is C10H15FN2. The van der Waals surface area contributed by atoms with Crippen molar-refractivity contribution in [3.8, 4) is 0 Å². The first kappa shape index (κ1) is 9.99. The number of alkyl halides is 1. The summed E-state index contributed by atoms with van der Waals surface area (Å²) in [6, 6.07) is 7.90. The maximum Gasteiger partial charge on any atom is 0.107 e. The standard InChI is InChI=1S/C10H15FN2/c11-5-7-13-10-3-1-2-9(8-10)4-6-12/h1-3,8,13H,4-7,12H2. The predicted octanol–water partition coefficient (Wildman–Crippen LogP) is 1.57. The Morgan fingerprint density at radius 3 is 2.92 bits per heavy atom. The van der Waals surface area contributed by atoms with Crippen molar-refractivity contribution in [2.75, 3.05) is 25.1 Å². The van der Waals surface area contributed by atoms with E-state index in [0.29, 0.717) is 13.1 Å². The summed E-state index contributed by atoms with van der Waals surface area (Å²) in [5.41, 5.74) is 7.58. The van der Waals surface area contributed by atoms with E-state index in [4.69, 9.17) is 5.73 Å². The van der Waals surface area contributed by atoms with E-state index in [0.717, 1.165) is 12.1 Å². The molecular weight excluding hydrogens is 167 g/mol. The molecule has 0 amide bonds. The first-order valence-electron chi connectivity index (χ1n) is 4.45. The molecule has 1 rings (SSSR count). The normalized spacial score (nSPS) is 10.0. The van der Waals surface area contributed by atoms with Crippen molar-refractivity contribution >= 4 is 5.69 Å². The molecule has 2 nitrogen and oxygen atoms in total. The fourth-order valence-electron chi connectivity index (χ4n) is 1.20. The number of halogens is 1. The molecule has 0 spiro atoms. The Hall–Kier alpha value is -1.09. The molecule has 0 aliphatic heterocycles. The van der Waals surface area contributed by atoms with Crippen LogP contribution >= 0.6 is 0 Å². The van der Waals surface area contributed by atoms with Crippen LogP contribution in [0.3, 0.4) is 0 Å². The average Bonchev–Trinajstić information content (AvgIpc) is 2.16. The Kier molecular flexibility index (Phi) is 4.26. The second kappa shape index (κ2) is 5.54. The molecule has 0 fully saturated rings. The van der Waals surface area contributed by atoms with Crippen molar-refractivity contribution in [3.05, 3.63) is 29.8 Å². The number of anilines is 1. The molecule has 0 atom stereocenters. The molecule has 0 radical (unpaired) electrons. The fourth-order valence-corrected chi connectivity index (χ4v) is 1.20. The topological polar surface area (TPSA) is 38.0 Å². The molecule has 1 aromatic carbocycles. The summed E-state index contributed by atoms with van der Waals surface area (Å²) >= 11 is 0. The van der Waals surface area contributed by atoms with Crippen LogP contribution in [0.1, 0.15) is 5.56 Å². The van der Waals surface area contributed by atoms with Crippen molar-refractivity contribution in [2.45, 2.75) is 6.42 Å². The molecule has 0 unspecified atom stereocenters. The Morgan fingerprint density at radius 1 is 1.38 bits per heavy atom. The summed E-state index contributed by atoms with van der Waals surface area (Å²) in [5.74, 6) is 0. The minimum Gasteiger partial charge on any atom is -0.382 e. The van der Waals surface area contributed by atoms with Crippen molar-refractivity contribution < 1.29 is 4.39 Å². The third-order valence-electron chi connectivity index (χ3n) is 1.78. The van der Waals surface area contributed by atoms with Gasteiger partial charge in [0.25, 0.3) is 0 Å². The van der Waals surface area contributed by atoms with Gasteiger partial charge in [-0.1, -0.05) is 12.1 Å². The number of rotatable bonds is 5. The molecule has 0 heterocycles. The van der Waals surface area contributed by atoms with Crippen molar-refractivity contribution in [1.82, 2.24) is 0 Å². The highest BCUT2D eigenvalue weighted by atomic mass is 19.1. The SMILES string of the molecule is NCCc1cccc(NCCF)c1. The van der Waals surface area contributed by atoms with Gasteiger partial charge in [0.15, 0.2) is 0 Å². The van der Waals surface area contributed by atoms with Gasteiger partial charge in [-0.05, 0) is 30.7 Å². The average molecular weight is 182 g/mol. The Labute approximate surface area is 77.9 Å². The van der Waals surface area contributed by atoms with Crippen LogP contribution in [-0.2, 0) is 6.42 Å². The highest BCUT2D eigenvalue weighted by Crippen LogP contribution is 2.10. The summed E-state index contributed by atoms with van der Waals surface area (Å²) in [4.78, 5) is 0. The smallest absolute Gasteiger partial charge is 0.107 e. The molecule has 1 aromatic rings. The maximum absolute atomic E-state index is 11.8. The Balaban J connectivity index is 2.56. The molecule has 3 N–H and O–H groups in total. The van der Waals surface area contributed by atoms with Gasteiger partial charge in [0.05, 0.1) is 0 Å². The van der Waals surface area contributed by atoms with Crippen LogP contribution < -0.4 is 11.1 Å². The zero-order valence-electron chi connectivity index (χ0n) is 7.59. The van der Waals surface area contributed by atoms with Gasteiger partial charge in [0, 0.05) is 12.2 Å². The zero-order chi connectivity index (χ0) is 9.52. The molecule has 0 saturated carbocycles. The molecule has 3 heteroatoms. The Morgan fingerprint density at radius 2 is 2.23 bits per heavy atom. The minimum atomic E-state index is -0.346. The number of benzene rings is 1. The van der Waals surface area contributed by atoms with Crippen LogP contribution in [0.2, 0.25) is 0 Å². The lowest BCUT2D eigenvalue weighted by Gasteiger charge is -2.05. The molecule has 0 saturated heterocycles. The second-order valence-electron chi connectivity index (χ2n) is 2.85. The van der Waals surface area contributed by atoms with E-state index >= 15 is 0 Å². The van der Waals surface area contributed by atoms with E-state index in [1.165, 1.54) is 5.56 Å². The molecule has 0 aromatic heterocycles. The van der Waals surface area contributed by atoms with Crippen molar-refractivity contribution in [3.63, 3.8) is 0 Å². The van der Waals surface area contributed by atoms with Crippen molar-refractivity contribution in [2.24, 2.45) is 5.73 Å². The number of hydrogen-bond donors (Lipinski definition) is 2. The Bertz CT molecular complexity index is 250. The zero-order valence-corrected chi connectivity index (χ0v) is 7.59. The summed E-state index contributed by atoms with van der Waals surface area (Å²) in [6.45, 7) is 0.666. The van der Waals surface area contributed by atoms with Gasteiger partial charge in [-0.25, -0.2) is 4.39 Å². The van der Waals surface area contributed by atoms with E-state index in [1.807, 2.05) is 24.3 Å². The highest BCUT2D eigenvalue weighted by Gasteiger charge is 1.93. The number of nitrogens with two attached hydrogens (primary N) is 1. The van der Waals surface area contributed by atoms with E-state index in [1.54, 1.807) is 0 Å². The molecule has 0 bridgehead atoms. The van der Waals surface area contributed by atoms with Crippen LogP contribution in [0.25, 0.3) is 0 Å². The van der Waals surface area contributed by atoms with Crippen LogP contribution in [-0.4, -0.2) is 19.8 Å². The van der Waals surface area contributed by atoms with Gasteiger partial charge in [0.1, 0.15) is 6.67 Å². The van der Waals surface area contributed by atoms with Gasteiger partial charge in [-0.2, -0.15) is 0 Å². The van der Waals surface area contributed by atoms with Crippen LogP contribution in [0, 0.1) is 0 Å². The predicted molar refractivity (Wildman–Crippen MR) is 53.7 cm³/mol. The first-order chi connectivity index (χ1) is 6.36. The minimum absolute atomic E-state index is 0.346. The quantitative estimate of drug-likeness (QED) is 0.725. The first-order valence-corrected chi connectivity index (χ1v) is 4.45. The van der Waals surface area contributed by atoms with Crippen molar-refractivity contribution in [1.29, 1.82) is 0 Å². The molecule has 72 valence electrons. The highest BCUT2D eigenvalue weighted by molar-refractivity contribution is 5.45. The third kappa shape index (κ3) is 3.42. The molecule has 13 heavy (non-hydrogen) atoms. The monoisotopic (exact) mass is 182 g/mol. The summed E-state index contributed by atoms with van der Waals surface area (Å²) in [5, 5.41) is 2.98. The van der Waals surface area contributed by atoms with E-state index in [9.17, 15) is 4.39 Å². The summed E-state index contributed by atoms with van der Waals surface area (Å²) in [7, 11) is 0. The van der Waals surface area contributed by atoms with Gasteiger partial charge < -0.3 is 11.1 Å². The fraction of sp³-hybridized carbons (Fsp3) is 0.400. The van der Waals surface area contributed by atoms with Gasteiger partial charge in [-0.15, -0.1) is 0 Å². The van der Waals surface area contributed by atoms with E-state index in [2.05, 4.69) is 5.32 Å². The number of hydrogen-bond acceptors (Lipinski definition) is 2. The summed E-state index contributed by atoms with van der Waals surface area (Å²) < 4.78 is 11.8. The lowest BCUT2D eigenvalue weighted by Crippen LogP contribution is -2.05. The van der Waals surface area contributed by atoms with Crippen LogP contribution in [0.5, 0.6) is 0 Å². The van der Waals surface area contributed by atoms with Gasteiger partial charge in [-0.3, -0.25) is 0 Å². The second-order valence-corrected chi connectivity index (χ2v) is 2.85. The summed E-state index contributed by atoms with van der Waals surface area (Å²) in [6.07, 6.45) is 0.866. The number of nitrogens with one attached hydrogen (secondary N) is 1. The maximum atomic E-state index is 11.8. The van der Waals surface area contributed by atoms with E-state index in [-0.39, 0.29) is 6.67 Å². The third-order valence-corrected chi connectivity index (χ3v) is 1.78. The van der Waals surface area contributed by atoms with Gasteiger partial charge >= 0.3 is 0 Å². The van der Waals surface area contributed by atoms with Crippen LogP contribution in [0.15, 0.2) is 24.3 Å². The van der Waals surface area contributed by atoms with E-state index < -0.39 is 0 Å². The molecule has 0 aliphatic rings. The molecule has 0 aliphatic carbocycles. The lowest BCUT2D eigenvalue weighted by molar-refractivity contribution is 0.513. The van der Waals surface area contributed by atoms with Gasteiger partial charge in [0.2, 0.25) is 0 Å². The van der Waals surface area contributed by atoms with Crippen LogP contribution in [0.4, 0.5) is 10.1 Å². The lowest BCUT2D eigenvalue weighted by atomic mass is 10.1.